The Labute approximate surface area is 189 Å². The number of hydrogen-bond acceptors (Lipinski definition) is 3. The van der Waals surface area contributed by atoms with Crippen LogP contribution >= 0.6 is 37.0 Å². The fourth-order valence-electron chi connectivity index (χ4n) is 5.12. The zero-order chi connectivity index (χ0) is 20.0. The normalized spacial score (nSPS) is 18.2. The van der Waals surface area contributed by atoms with E-state index < -0.39 is 0 Å². The maximum absolute atomic E-state index is 4.60. The predicted octanol–water partition coefficient (Wildman–Crippen LogP) is 8.13. The van der Waals surface area contributed by atoms with Gasteiger partial charge in [0.2, 0.25) is 0 Å². The lowest BCUT2D eigenvalue weighted by Crippen LogP contribution is -2.29. The van der Waals surface area contributed by atoms with Gasteiger partial charge in [0.05, 0.1) is 0 Å². The summed E-state index contributed by atoms with van der Waals surface area (Å²) in [6.07, 6.45) is 6.83. The summed E-state index contributed by atoms with van der Waals surface area (Å²) in [5.74, 6) is 0.741. The van der Waals surface area contributed by atoms with Crippen molar-refractivity contribution < 1.29 is 0 Å². The average Bonchev–Trinajstić information content (AvgIpc) is 2.74. The third-order valence-electron chi connectivity index (χ3n) is 6.79. The van der Waals surface area contributed by atoms with Crippen LogP contribution in [0.4, 0.5) is 0 Å². The van der Waals surface area contributed by atoms with E-state index in [2.05, 4.69) is 92.8 Å². The molecule has 1 fully saturated rings. The van der Waals surface area contributed by atoms with Crippen molar-refractivity contribution >= 4 is 37.0 Å². The van der Waals surface area contributed by atoms with Gasteiger partial charge in [-0.05, 0) is 72.2 Å². The van der Waals surface area contributed by atoms with Gasteiger partial charge in [-0.3, -0.25) is 0 Å². The van der Waals surface area contributed by atoms with Gasteiger partial charge in [0.15, 0.2) is 0 Å². The molecule has 0 spiro atoms. The summed E-state index contributed by atoms with van der Waals surface area (Å²) in [5.41, 5.74) is 5.43. The highest BCUT2D eigenvalue weighted by molar-refractivity contribution is 7.99. The molecule has 0 amide bonds. The summed E-state index contributed by atoms with van der Waals surface area (Å²) in [5, 5.41) is 0. The summed E-state index contributed by atoms with van der Waals surface area (Å²) in [6, 6.07) is 22.7. The highest BCUT2D eigenvalue weighted by Gasteiger charge is 2.38. The summed E-state index contributed by atoms with van der Waals surface area (Å²) in [4.78, 5) is 4.61. The van der Waals surface area contributed by atoms with Crippen LogP contribution in [0.3, 0.4) is 0 Å². The third-order valence-corrected chi connectivity index (χ3v) is 8.46. The van der Waals surface area contributed by atoms with Crippen LogP contribution in [0.1, 0.15) is 67.2 Å². The quantitative estimate of drug-likeness (QED) is 0.384. The van der Waals surface area contributed by atoms with Crippen molar-refractivity contribution in [2.45, 2.75) is 69.9 Å². The van der Waals surface area contributed by atoms with Crippen molar-refractivity contribution in [1.29, 1.82) is 0 Å². The highest BCUT2D eigenvalue weighted by Crippen LogP contribution is 2.53. The van der Waals surface area contributed by atoms with E-state index >= 15 is 0 Å². The van der Waals surface area contributed by atoms with E-state index in [0.29, 0.717) is 0 Å². The van der Waals surface area contributed by atoms with Crippen LogP contribution < -0.4 is 0 Å². The van der Waals surface area contributed by atoms with Crippen LogP contribution in [-0.4, -0.2) is 0 Å². The van der Waals surface area contributed by atoms with Crippen molar-refractivity contribution in [1.82, 2.24) is 0 Å². The molecule has 3 aromatic carbocycles. The Balaban J connectivity index is 1.63. The van der Waals surface area contributed by atoms with Crippen LogP contribution in [0.5, 0.6) is 0 Å². The van der Waals surface area contributed by atoms with Crippen molar-refractivity contribution in [3.8, 4) is 0 Å². The second kappa shape index (κ2) is 7.76. The van der Waals surface area contributed by atoms with Crippen LogP contribution in [0.15, 0.2) is 80.2 Å². The van der Waals surface area contributed by atoms with Crippen molar-refractivity contribution in [3.63, 3.8) is 0 Å². The lowest BCUT2D eigenvalue weighted by molar-refractivity contribution is 0.443. The second-order valence-corrected chi connectivity index (χ2v) is 10.7. The standard InChI is InChI=1S/C26H26S3/c1-26(19-9-7-18(8-10-19)17-5-3-2-4-6-17)22-13-11-20(27)15-24(22)29-25-16-21(28)12-14-23(25)26/h7-17,27-28H,2-6H2,1H3. The predicted molar refractivity (Wildman–Crippen MR) is 129 cm³/mol. The van der Waals surface area contributed by atoms with Gasteiger partial charge in [0.25, 0.3) is 0 Å². The molecule has 0 unspecified atom stereocenters. The first-order valence-corrected chi connectivity index (χ1v) is 12.2. The minimum Gasteiger partial charge on any atom is -0.143 e. The van der Waals surface area contributed by atoms with Crippen molar-refractivity contribution in [2.24, 2.45) is 0 Å². The van der Waals surface area contributed by atoms with Crippen molar-refractivity contribution in [3.05, 3.63) is 82.9 Å². The molecule has 2 aliphatic rings. The van der Waals surface area contributed by atoms with E-state index in [-0.39, 0.29) is 5.41 Å². The van der Waals surface area contributed by atoms with Gasteiger partial charge >= 0.3 is 0 Å². The molecule has 3 heteroatoms. The summed E-state index contributed by atoms with van der Waals surface area (Å²) in [6.45, 7) is 2.37. The first-order chi connectivity index (χ1) is 14.1. The lowest BCUT2D eigenvalue weighted by Gasteiger charge is -2.38. The zero-order valence-electron chi connectivity index (χ0n) is 16.7. The van der Waals surface area contributed by atoms with E-state index in [1.165, 1.54) is 64.1 Å². The first-order valence-electron chi connectivity index (χ1n) is 10.5. The molecule has 5 rings (SSSR count). The molecule has 0 radical (unpaired) electrons. The van der Waals surface area contributed by atoms with E-state index in [1.807, 2.05) is 11.8 Å². The minimum atomic E-state index is -0.177. The zero-order valence-corrected chi connectivity index (χ0v) is 19.3. The Morgan fingerprint density at radius 3 is 1.86 bits per heavy atom. The number of benzene rings is 3. The molecule has 3 aromatic rings. The lowest BCUT2D eigenvalue weighted by atomic mass is 9.70. The Bertz CT molecular complexity index is 995. The van der Waals surface area contributed by atoms with E-state index in [1.54, 1.807) is 0 Å². The van der Waals surface area contributed by atoms with Gasteiger partial charge in [-0.25, -0.2) is 0 Å². The molecule has 1 heterocycles. The fourth-order valence-corrected chi connectivity index (χ4v) is 7.07. The number of fused-ring (bicyclic) bond motifs is 2. The largest absolute Gasteiger partial charge is 0.143 e. The SMILES string of the molecule is CC1(c2ccc(C3CCCCC3)cc2)c2ccc(S)cc2Sc2cc(S)ccc21. The van der Waals surface area contributed by atoms with Gasteiger partial charge in [-0.15, -0.1) is 25.3 Å². The van der Waals surface area contributed by atoms with Crippen LogP contribution in [0.25, 0.3) is 0 Å². The van der Waals surface area contributed by atoms with Crippen LogP contribution in [0.2, 0.25) is 0 Å². The summed E-state index contributed by atoms with van der Waals surface area (Å²) in [7, 11) is 0. The molecule has 0 saturated heterocycles. The number of hydrogen-bond donors (Lipinski definition) is 2. The smallest absolute Gasteiger partial charge is 0.0445 e. The molecule has 0 atom stereocenters. The van der Waals surface area contributed by atoms with E-state index in [4.69, 9.17) is 0 Å². The van der Waals surface area contributed by atoms with Crippen LogP contribution in [0, 0.1) is 0 Å². The van der Waals surface area contributed by atoms with Gasteiger partial charge in [-0.1, -0.05) is 67.4 Å². The molecule has 1 aliphatic carbocycles. The third kappa shape index (κ3) is 3.45. The number of rotatable bonds is 2. The van der Waals surface area contributed by atoms with E-state index in [0.717, 1.165) is 15.7 Å². The molecule has 148 valence electrons. The van der Waals surface area contributed by atoms with Gasteiger partial charge in [0.1, 0.15) is 0 Å². The average molecular weight is 435 g/mol. The molecule has 0 N–H and O–H groups in total. The number of thiol groups is 2. The van der Waals surface area contributed by atoms with Crippen LogP contribution in [-0.2, 0) is 5.41 Å². The molecular formula is C26H26S3. The van der Waals surface area contributed by atoms with Crippen molar-refractivity contribution in [2.75, 3.05) is 0 Å². The molecule has 29 heavy (non-hydrogen) atoms. The molecule has 0 bridgehead atoms. The molecule has 1 saturated carbocycles. The molecule has 0 aromatic heterocycles. The molecule has 0 nitrogen and oxygen atoms in total. The summed E-state index contributed by atoms with van der Waals surface area (Å²) < 4.78 is 0. The van der Waals surface area contributed by atoms with Gasteiger partial charge in [0, 0.05) is 25.0 Å². The Morgan fingerprint density at radius 2 is 1.31 bits per heavy atom. The minimum absolute atomic E-state index is 0.177. The Kier molecular flexibility index (Phi) is 5.26. The molecular weight excluding hydrogens is 408 g/mol. The fraction of sp³-hybridized carbons (Fsp3) is 0.308. The second-order valence-electron chi connectivity index (χ2n) is 8.54. The monoisotopic (exact) mass is 434 g/mol. The first kappa shape index (κ1) is 19.7. The topological polar surface area (TPSA) is 0 Å². The van der Waals surface area contributed by atoms with Gasteiger partial charge < -0.3 is 0 Å². The van der Waals surface area contributed by atoms with E-state index in [9.17, 15) is 0 Å². The highest BCUT2D eigenvalue weighted by atomic mass is 32.2. The summed E-state index contributed by atoms with van der Waals surface area (Å²) >= 11 is 11.0. The van der Waals surface area contributed by atoms with Gasteiger partial charge in [-0.2, -0.15) is 0 Å². The Morgan fingerprint density at radius 1 is 0.759 bits per heavy atom. The maximum atomic E-state index is 4.60. The maximum Gasteiger partial charge on any atom is 0.0445 e. The Hall–Kier alpha value is -1.29. The molecule has 1 aliphatic heterocycles.